The highest BCUT2D eigenvalue weighted by molar-refractivity contribution is 7.99. The molecule has 2 aromatic heterocycles. The van der Waals surface area contributed by atoms with E-state index in [-0.39, 0.29) is 17.6 Å². The first-order valence-corrected chi connectivity index (χ1v) is 11.8. The third-order valence-corrected chi connectivity index (χ3v) is 6.43. The van der Waals surface area contributed by atoms with E-state index in [1.807, 2.05) is 46.9 Å². The lowest BCUT2D eigenvalue weighted by Crippen LogP contribution is -2.23. The van der Waals surface area contributed by atoms with Crippen LogP contribution >= 0.6 is 11.8 Å². The molecule has 0 aliphatic rings. The van der Waals surface area contributed by atoms with E-state index in [1.165, 1.54) is 17.3 Å². The maximum absolute atomic E-state index is 12.9. The molecular formula is C25H28N4O3S. The van der Waals surface area contributed by atoms with E-state index in [0.717, 1.165) is 11.3 Å². The zero-order valence-electron chi connectivity index (χ0n) is 19.1. The van der Waals surface area contributed by atoms with Gasteiger partial charge < -0.3 is 9.84 Å². The van der Waals surface area contributed by atoms with Crippen molar-refractivity contribution in [3.63, 3.8) is 0 Å². The van der Waals surface area contributed by atoms with E-state index >= 15 is 0 Å². The smallest absolute Gasteiger partial charge is 0.263 e. The monoisotopic (exact) mass is 464 g/mol. The molecule has 1 atom stereocenters. The van der Waals surface area contributed by atoms with Crippen LogP contribution in [0, 0.1) is 0 Å². The average molecular weight is 465 g/mol. The van der Waals surface area contributed by atoms with E-state index in [1.54, 1.807) is 16.7 Å². The second kappa shape index (κ2) is 9.41. The normalized spacial score (nSPS) is 12.8. The fourth-order valence-corrected chi connectivity index (χ4v) is 4.43. The van der Waals surface area contributed by atoms with Crippen molar-refractivity contribution < 1.29 is 9.84 Å². The number of aliphatic hydroxyl groups is 1. The molecule has 0 aliphatic heterocycles. The van der Waals surface area contributed by atoms with Gasteiger partial charge in [-0.25, -0.2) is 0 Å². The van der Waals surface area contributed by atoms with Gasteiger partial charge in [-0.2, -0.15) is 0 Å². The van der Waals surface area contributed by atoms with Crippen LogP contribution in [-0.4, -0.2) is 42.7 Å². The number of rotatable bonds is 8. The van der Waals surface area contributed by atoms with Crippen LogP contribution in [0.5, 0.6) is 5.75 Å². The van der Waals surface area contributed by atoms with Gasteiger partial charge in [0, 0.05) is 12.3 Å². The maximum Gasteiger partial charge on any atom is 0.263 e. The lowest BCUT2D eigenvalue weighted by Gasteiger charge is -2.19. The standard InChI is InChI=1S/C25H28N4O3S/c1-5-14-28-22(31)20-8-6-7-9-21(20)29-23(28)26-27-24(29)33-16-18(30)15-32-19-12-10-17(11-13-19)25(2,3)4/h5-13,18,30H,1,14-16H2,2-4H3/t18-/m1/s1. The third-order valence-electron chi connectivity index (χ3n) is 5.36. The van der Waals surface area contributed by atoms with Gasteiger partial charge >= 0.3 is 0 Å². The number of thioether (sulfide) groups is 1. The van der Waals surface area contributed by atoms with E-state index in [9.17, 15) is 9.90 Å². The van der Waals surface area contributed by atoms with E-state index in [2.05, 4.69) is 37.5 Å². The Balaban J connectivity index is 1.49. The Morgan fingerprint density at radius 1 is 1.15 bits per heavy atom. The Morgan fingerprint density at radius 3 is 2.58 bits per heavy atom. The molecule has 0 fully saturated rings. The van der Waals surface area contributed by atoms with E-state index in [0.29, 0.717) is 28.6 Å². The molecule has 0 saturated heterocycles. The van der Waals surface area contributed by atoms with E-state index < -0.39 is 6.10 Å². The van der Waals surface area contributed by atoms with Gasteiger partial charge in [-0.1, -0.05) is 62.9 Å². The molecule has 2 heterocycles. The minimum atomic E-state index is -0.699. The average Bonchev–Trinajstić information content (AvgIpc) is 3.23. The number of benzene rings is 2. The van der Waals surface area contributed by atoms with Crippen LogP contribution in [0.4, 0.5) is 0 Å². The van der Waals surface area contributed by atoms with Gasteiger partial charge in [0.1, 0.15) is 12.4 Å². The molecule has 0 aliphatic carbocycles. The maximum atomic E-state index is 12.9. The molecule has 4 rings (SSSR count). The molecule has 2 aromatic carbocycles. The van der Waals surface area contributed by atoms with Gasteiger partial charge in [-0.05, 0) is 35.2 Å². The number of hydrogen-bond donors (Lipinski definition) is 1. The Hall–Kier alpha value is -3.10. The van der Waals surface area contributed by atoms with Crippen molar-refractivity contribution >= 4 is 28.4 Å². The summed E-state index contributed by atoms with van der Waals surface area (Å²) in [4.78, 5) is 12.9. The highest BCUT2D eigenvalue weighted by atomic mass is 32.2. The number of para-hydroxylation sites is 1. The molecular weight excluding hydrogens is 436 g/mol. The molecule has 0 saturated carbocycles. The van der Waals surface area contributed by atoms with Crippen LogP contribution in [0.1, 0.15) is 26.3 Å². The van der Waals surface area contributed by atoms with Crippen LogP contribution in [-0.2, 0) is 12.0 Å². The van der Waals surface area contributed by atoms with Crippen molar-refractivity contribution in [2.75, 3.05) is 12.4 Å². The Morgan fingerprint density at radius 2 is 1.88 bits per heavy atom. The summed E-state index contributed by atoms with van der Waals surface area (Å²) in [6.45, 7) is 10.7. The summed E-state index contributed by atoms with van der Waals surface area (Å²) in [5.41, 5.74) is 1.91. The van der Waals surface area contributed by atoms with Crippen LogP contribution in [0.15, 0.2) is 71.1 Å². The lowest BCUT2D eigenvalue weighted by molar-refractivity contribution is 0.126. The molecule has 33 heavy (non-hydrogen) atoms. The van der Waals surface area contributed by atoms with Gasteiger partial charge in [-0.3, -0.25) is 13.8 Å². The number of nitrogens with zero attached hydrogens (tertiary/aromatic N) is 4. The Kier molecular flexibility index (Phi) is 6.58. The van der Waals surface area contributed by atoms with Gasteiger partial charge in [0.15, 0.2) is 5.16 Å². The molecule has 7 nitrogen and oxygen atoms in total. The minimum absolute atomic E-state index is 0.0799. The predicted molar refractivity (Wildman–Crippen MR) is 132 cm³/mol. The molecule has 0 spiro atoms. The topological polar surface area (TPSA) is 81.7 Å². The highest BCUT2D eigenvalue weighted by Gasteiger charge is 2.18. The van der Waals surface area contributed by atoms with Crippen molar-refractivity contribution in [1.82, 2.24) is 19.2 Å². The Labute approximate surface area is 196 Å². The molecule has 1 N–H and O–H groups in total. The number of fused-ring (bicyclic) bond motifs is 3. The zero-order valence-corrected chi connectivity index (χ0v) is 19.9. The van der Waals surface area contributed by atoms with Crippen molar-refractivity contribution in [3.05, 3.63) is 77.1 Å². The predicted octanol–water partition coefficient (Wildman–Crippen LogP) is 4.06. The number of hydrogen-bond acceptors (Lipinski definition) is 6. The van der Waals surface area contributed by atoms with Crippen molar-refractivity contribution in [3.8, 4) is 5.75 Å². The summed E-state index contributed by atoms with van der Waals surface area (Å²) in [7, 11) is 0. The first-order valence-electron chi connectivity index (χ1n) is 10.8. The first-order chi connectivity index (χ1) is 15.8. The molecule has 0 radical (unpaired) electrons. The molecule has 0 unspecified atom stereocenters. The summed E-state index contributed by atoms with van der Waals surface area (Å²) < 4.78 is 9.17. The zero-order chi connectivity index (χ0) is 23.6. The minimum Gasteiger partial charge on any atom is -0.491 e. The van der Waals surface area contributed by atoms with Crippen LogP contribution in [0.2, 0.25) is 0 Å². The number of aliphatic hydroxyl groups excluding tert-OH is 1. The fraction of sp³-hybridized carbons (Fsp3) is 0.320. The van der Waals surface area contributed by atoms with Gasteiger partial charge in [-0.15, -0.1) is 16.8 Å². The largest absolute Gasteiger partial charge is 0.491 e. The third kappa shape index (κ3) is 4.82. The Bertz CT molecular complexity index is 1340. The first kappa shape index (κ1) is 23.1. The summed E-state index contributed by atoms with van der Waals surface area (Å²) in [6, 6.07) is 15.3. The van der Waals surface area contributed by atoms with Crippen LogP contribution in [0.3, 0.4) is 0 Å². The quantitative estimate of drug-likeness (QED) is 0.313. The van der Waals surface area contributed by atoms with Crippen molar-refractivity contribution in [1.29, 1.82) is 0 Å². The van der Waals surface area contributed by atoms with Crippen LogP contribution in [0.25, 0.3) is 16.7 Å². The molecule has 0 bridgehead atoms. The molecule has 8 heteroatoms. The van der Waals surface area contributed by atoms with Gasteiger partial charge in [0.05, 0.1) is 17.0 Å². The summed E-state index contributed by atoms with van der Waals surface area (Å²) >= 11 is 1.37. The van der Waals surface area contributed by atoms with Crippen molar-refractivity contribution in [2.24, 2.45) is 0 Å². The summed E-state index contributed by atoms with van der Waals surface area (Å²) in [6.07, 6.45) is 0.960. The van der Waals surface area contributed by atoms with E-state index in [4.69, 9.17) is 4.74 Å². The number of allylic oxidation sites excluding steroid dienone is 1. The second-order valence-electron chi connectivity index (χ2n) is 8.89. The fourth-order valence-electron chi connectivity index (χ4n) is 3.58. The van der Waals surface area contributed by atoms with Crippen LogP contribution < -0.4 is 10.3 Å². The SMILES string of the molecule is C=CCn1c(=O)c2ccccc2n2c(SC[C@H](O)COc3ccc(C(C)(C)C)cc3)nnc12. The molecule has 172 valence electrons. The molecule has 4 aromatic rings. The van der Waals surface area contributed by atoms with Gasteiger partial charge in [0.2, 0.25) is 5.78 Å². The molecule has 0 amide bonds. The van der Waals surface area contributed by atoms with Crippen molar-refractivity contribution in [2.45, 2.75) is 44.0 Å². The highest BCUT2D eigenvalue weighted by Crippen LogP contribution is 2.25. The number of aromatic nitrogens is 4. The summed E-state index contributed by atoms with van der Waals surface area (Å²) in [5.74, 6) is 1.54. The lowest BCUT2D eigenvalue weighted by atomic mass is 9.87. The van der Waals surface area contributed by atoms with Gasteiger partial charge in [0.25, 0.3) is 5.56 Å². The number of ether oxygens (including phenoxy) is 1. The second-order valence-corrected chi connectivity index (χ2v) is 9.88. The summed E-state index contributed by atoms with van der Waals surface area (Å²) in [5, 5.41) is 20.2.